The van der Waals surface area contributed by atoms with Crippen LogP contribution >= 0.6 is 0 Å². The summed E-state index contributed by atoms with van der Waals surface area (Å²) in [5.41, 5.74) is 5.58. The van der Waals surface area contributed by atoms with Crippen molar-refractivity contribution < 1.29 is 9.21 Å². The van der Waals surface area contributed by atoms with Crippen LogP contribution in [0.3, 0.4) is 0 Å². The van der Waals surface area contributed by atoms with Crippen LogP contribution in [0.2, 0.25) is 0 Å². The van der Waals surface area contributed by atoms with Crippen molar-refractivity contribution in [2.45, 2.75) is 32.7 Å². The predicted molar refractivity (Wildman–Crippen MR) is 50.5 cm³/mol. The third-order valence-electron chi connectivity index (χ3n) is 1.69. The molecule has 0 saturated carbocycles. The lowest BCUT2D eigenvalue weighted by atomic mass is 10.2. The molecule has 0 fully saturated rings. The molecule has 1 aromatic rings. The first kappa shape index (κ1) is 10.6. The molecule has 14 heavy (non-hydrogen) atoms. The molecule has 0 aliphatic carbocycles. The number of nitrogens with one attached hydrogen (secondary N) is 1. The molecule has 0 aromatic carbocycles. The van der Waals surface area contributed by atoms with Gasteiger partial charge in [-0.05, 0) is 6.42 Å². The Hall–Kier alpha value is -1.43. The molecule has 3 N–H and O–H groups in total. The molecule has 0 aliphatic heterocycles. The van der Waals surface area contributed by atoms with Crippen molar-refractivity contribution in [1.29, 1.82) is 0 Å². The van der Waals surface area contributed by atoms with Crippen molar-refractivity contribution >= 4 is 11.9 Å². The molecule has 0 radical (unpaired) electrons. The van der Waals surface area contributed by atoms with Crippen LogP contribution in [0.25, 0.3) is 0 Å². The van der Waals surface area contributed by atoms with Gasteiger partial charge in [0.15, 0.2) is 0 Å². The third-order valence-corrected chi connectivity index (χ3v) is 1.69. The molecule has 1 unspecified atom stereocenters. The van der Waals surface area contributed by atoms with Crippen LogP contribution in [0.15, 0.2) is 4.42 Å². The van der Waals surface area contributed by atoms with Crippen LogP contribution in [-0.4, -0.2) is 22.1 Å². The smallest absolute Gasteiger partial charge is 0.322 e. The molecule has 78 valence electrons. The van der Waals surface area contributed by atoms with Crippen LogP contribution in [0.4, 0.5) is 6.01 Å². The fourth-order valence-electron chi connectivity index (χ4n) is 0.987. The van der Waals surface area contributed by atoms with E-state index in [0.29, 0.717) is 12.3 Å². The number of carbonyl (C=O) groups is 1. The van der Waals surface area contributed by atoms with Gasteiger partial charge in [-0.1, -0.05) is 18.4 Å². The first-order valence-corrected chi connectivity index (χ1v) is 4.50. The van der Waals surface area contributed by atoms with Crippen molar-refractivity contribution in [2.24, 2.45) is 5.73 Å². The minimum absolute atomic E-state index is 0.0963. The second kappa shape index (κ2) is 4.71. The monoisotopic (exact) mass is 198 g/mol. The second-order valence-electron chi connectivity index (χ2n) is 3.01. The minimum Gasteiger partial charge on any atom is -0.408 e. The number of amides is 1. The second-order valence-corrected chi connectivity index (χ2v) is 3.01. The van der Waals surface area contributed by atoms with Crippen molar-refractivity contribution in [3.8, 4) is 0 Å². The fourth-order valence-corrected chi connectivity index (χ4v) is 0.987. The summed E-state index contributed by atoms with van der Waals surface area (Å²) in [7, 11) is 0. The lowest BCUT2D eigenvalue weighted by Crippen LogP contribution is -2.35. The van der Waals surface area contributed by atoms with Gasteiger partial charge in [0.1, 0.15) is 0 Å². The van der Waals surface area contributed by atoms with Crippen molar-refractivity contribution in [3.05, 3.63) is 5.89 Å². The van der Waals surface area contributed by atoms with E-state index in [-0.39, 0.29) is 11.9 Å². The number of hydrogen-bond acceptors (Lipinski definition) is 5. The van der Waals surface area contributed by atoms with Gasteiger partial charge in [0.05, 0.1) is 6.04 Å². The lowest BCUT2D eigenvalue weighted by molar-refractivity contribution is -0.117. The molecule has 1 rings (SSSR count). The van der Waals surface area contributed by atoms with Gasteiger partial charge in [-0.3, -0.25) is 10.1 Å². The highest BCUT2D eigenvalue weighted by Gasteiger charge is 2.14. The quantitative estimate of drug-likeness (QED) is 0.732. The van der Waals surface area contributed by atoms with E-state index in [2.05, 4.69) is 15.5 Å². The van der Waals surface area contributed by atoms with Gasteiger partial charge >= 0.3 is 6.01 Å². The third kappa shape index (κ3) is 2.81. The zero-order valence-corrected chi connectivity index (χ0v) is 8.28. The lowest BCUT2D eigenvalue weighted by Gasteiger charge is -2.07. The van der Waals surface area contributed by atoms with Crippen LogP contribution < -0.4 is 11.1 Å². The van der Waals surface area contributed by atoms with E-state index in [1.165, 1.54) is 0 Å². The molecule has 0 bridgehead atoms. The Morgan fingerprint density at radius 3 is 2.86 bits per heavy atom. The summed E-state index contributed by atoms with van der Waals surface area (Å²) in [4.78, 5) is 11.3. The van der Waals surface area contributed by atoms with E-state index < -0.39 is 6.04 Å². The Balaban J connectivity index is 2.48. The topological polar surface area (TPSA) is 94.0 Å². The maximum Gasteiger partial charge on any atom is 0.322 e. The first-order chi connectivity index (χ1) is 6.63. The molecule has 1 amide bonds. The van der Waals surface area contributed by atoms with E-state index in [1.807, 2.05) is 6.92 Å². The summed E-state index contributed by atoms with van der Waals surface area (Å²) in [6.45, 7) is 3.61. The average Bonchev–Trinajstić information content (AvgIpc) is 2.51. The van der Waals surface area contributed by atoms with E-state index in [0.717, 1.165) is 6.42 Å². The van der Waals surface area contributed by atoms with Gasteiger partial charge in [-0.15, -0.1) is 5.10 Å². The van der Waals surface area contributed by atoms with Gasteiger partial charge in [-0.2, -0.15) is 0 Å². The van der Waals surface area contributed by atoms with Gasteiger partial charge in [-0.25, -0.2) is 0 Å². The molecular weight excluding hydrogens is 184 g/mol. The SMILES string of the molecule is CCCC(N)C(=O)Nc1nnc(C)o1. The Labute approximate surface area is 81.9 Å². The van der Waals surface area contributed by atoms with E-state index in [9.17, 15) is 4.79 Å². The maximum atomic E-state index is 11.3. The van der Waals surface area contributed by atoms with Gasteiger partial charge in [0.2, 0.25) is 11.8 Å². The minimum atomic E-state index is -0.521. The number of rotatable bonds is 4. The molecular formula is C8H14N4O2. The van der Waals surface area contributed by atoms with Crippen LogP contribution in [0.1, 0.15) is 25.7 Å². The number of carbonyl (C=O) groups excluding carboxylic acids is 1. The van der Waals surface area contributed by atoms with Gasteiger partial charge < -0.3 is 10.2 Å². The molecule has 1 heterocycles. The molecule has 0 aliphatic rings. The van der Waals surface area contributed by atoms with Crippen molar-refractivity contribution in [1.82, 2.24) is 10.2 Å². The molecule has 6 heteroatoms. The number of hydrogen-bond donors (Lipinski definition) is 2. The molecule has 6 nitrogen and oxygen atoms in total. The highest BCUT2D eigenvalue weighted by molar-refractivity contribution is 5.92. The largest absolute Gasteiger partial charge is 0.408 e. The van der Waals surface area contributed by atoms with E-state index >= 15 is 0 Å². The summed E-state index contributed by atoms with van der Waals surface area (Å²) in [6, 6.07) is -0.425. The summed E-state index contributed by atoms with van der Waals surface area (Å²) < 4.78 is 4.97. The molecule has 1 atom stereocenters. The van der Waals surface area contributed by atoms with Crippen molar-refractivity contribution in [2.75, 3.05) is 5.32 Å². The number of nitrogens with two attached hydrogens (primary N) is 1. The normalized spacial score (nSPS) is 12.5. The first-order valence-electron chi connectivity index (χ1n) is 4.50. The maximum absolute atomic E-state index is 11.3. The van der Waals surface area contributed by atoms with Crippen molar-refractivity contribution in [3.63, 3.8) is 0 Å². The summed E-state index contributed by atoms with van der Waals surface area (Å²) in [6.07, 6.45) is 1.50. The number of anilines is 1. The summed E-state index contributed by atoms with van der Waals surface area (Å²) >= 11 is 0. The van der Waals surface area contributed by atoms with E-state index in [4.69, 9.17) is 10.2 Å². The Morgan fingerprint density at radius 2 is 2.36 bits per heavy atom. The summed E-state index contributed by atoms with van der Waals surface area (Å²) in [5.74, 6) is 0.111. The Bertz CT molecular complexity index is 310. The molecule has 1 aromatic heterocycles. The highest BCUT2D eigenvalue weighted by Crippen LogP contribution is 2.04. The summed E-state index contributed by atoms with van der Waals surface area (Å²) in [5, 5.41) is 9.64. The molecule has 0 spiro atoms. The highest BCUT2D eigenvalue weighted by atomic mass is 16.4. The number of aryl methyl sites for hydroxylation is 1. The van der Waals surface area contributed by atoms with Gasteiger partial charge in [0, 0.05) is 6.92 Å². The number of aromatic nitrogens is 2. The molecule has 0 saturated heterocycles. The Kier molecular flexibility index (Phi) is 3.58. The van der Waals surface area contributed by atoms with Crippen LogP contribution in [-0.2, 0) is 4.79 Å². The van der Waals surface area contributed by atoms with E-state index in [1.54, 1.807) is 6.92 Å². The fraction of sp³-hybridized carbons (Fsp3) is 0.625. The average molecular weight is 198 g/mol. The van der Waals surface area contributed by atoms with Crippen LogP contribution in [0, 0.1) is 6.92 Å². The zero-order valence-electron chi connectivity index (χ0n) is 8.28. The standard InChI is InChI=1S/C8H14N4O2/c1-3-4-6(9)7(13)10-8-12-11-5(2)14-8/h6H,3-4,9H2,1-2H3,(H,10,12,13). The Morgan fingerprint density at radius 1 is 1.64 bits per heavy atom. The number of nitrogens with zero attached hydrogens (tertiary/aromatic N) is 2. The zero-order chi connectivity index (χ0) is 10.6. The van der Waals surface area contributed by atoms with Gasteiger partial charge in [0.25, 0.3) is 0 Å². The predicted octanol–water partition coefficient (Wildman–Crippen LogP) is 0.444. The van der Waals surface area contributed by atoms with Crippen LogP contribution in [0.5, 0.6) is 0 Å².